The molecule has 0 bridgehead atoms. The van der Waals surface area contributed by atoms with Crippen molar-refractivity contribution in [3.63, 3.8) is 0 Å². The van der Waals surface area contributed by atoms with Gasteiger partial charge in [0, 0.05) is 32.7 Å². The van der Waals surface area contributed by atoms with Crippen molar-refractivity contribution >= 4 is 36.8 Å². The number of nitrogens with one attached hydrogen (secondary N) is 1. The molecule has 4 rings (SSSR count). The Labute approximate surface area is 252 Å². The number of likely N-dealkylation sites (tertiary alicyclic amines) is 2. The molecule has 3 amide bonds. The number of amides is 3. The molecule has 9 nitrogen and oxygen atoms in total. The van der Waals surface area contributed by atoms with Crippen LogP contribution in [-0.4, -0.2) is 94.1 Å². The topological polar surface area (TPSA) is 100.0 Å². The predicted molar refractivity (Wildman–Crippen MR) is 169 cm³/mol. The van der Waals surface area contributed by atoms with Crippen molar-refractivity contribution in [1.29, 1.82) is 5.26 Å². The van der Waals surface area contributed by atoms with Gasteiger partial charge in [-0.15, -0.1) is 0 Å². The summed E-state index contributed by atoms with van der Waals surface area (Å²) in [6.45, 7) is 8.05. The average Bonchev–Trinajstić information content (AvgIpc) is 3.02. The Morgan fingerprint density at radius 3 is 2.33 bits per heavy atom. The van der Waals surface area contributed by atoms with Crippen LogP contribution in [0.4, 0.5) is 11.4 Å². The van der Waals surface area contributed by atoms with E-state index in [1.54, 1.807) is 0 Å². The van der Waals surface area contributed by atoms with Gasteiger partial charge in [0.25, 0.3) is 6.71 Å². The largest absolute Gasteiger partial charge is 0.376 e. The Morgan fingerprint density at radius 2 is 1.76 bits per heavy atom. The highest BCUT2D eigenvalue weighted by atomic mass is 16.2. The zero-order chi connectivity index (χ0) is 30.1. The Kier molecular flexibility index (Phi) is 11.8. The van der Waals surface area contributed by atoms with E-state index in [0.29, 0.717) is 43.3 Å². The summed E-state index contributed by atoms with van der Waals surface area (Å²) in [7, 11) is 3.91. The van der Waals surface area contributed by atoms with E-state index in [1.165, 1.54) is 55.8 Å². The monoisotopic (exact) mass is 576 g/mol. The van der Waals surface area contributed by atoms with Crippen LogP contribution in [0.5, 0.6) is 0 Å². The maximum Gasteiger partial charge on any atom is 0.267 e. The molecule has 0 radical (unpaired) electrons. The fourth-order valence-electron chi connectivity index (χ4n) is 7.40. The third-order valence-corrected chi connectivity index (χ3v) is 9.89. The van der Waals surface area contributed by atoms with E-state index in [4.69, 9.17) is 0 Å². The van der Waals surface area contributed by atoms with Gasteiger partial charge in [-0.1, -0.05) is 44.9 Å². The zero-order valence-electron chi connectivity index (χ0n) is 25.8. The fourth-order valence-corrected chi connectivity index (χ4v) is 7.40. The van der Waals surface area contributed by atoms with E-state index in [2.05, 4.69) is 33.2 Å². The molecule has 1 N–H and O–H groups in total. The molecular formula is C32H49BN6O3. The minimum absolute atomic E-state index is 0.286. The molecule has 1 atom stereocenters. The number of anilines is 2. The van der Waals surface area contributed by atoms with E-state index in [-0.39, 0.29) is 6.71 Å². The van der Waals surface area contributed by atoms with Gasteiger partial charge in [0.1, 0.15) is 6.04 Å². The van der Waals surface area contributed by atoms with Crippen LogP contribution in [0, 0.1) is 17.1 Å². The molecular weight excluding hydrogens is 527 g/mol. The van der Waals surface area contributed by atoms with Gasteiger partial charge in [-0.05, 0) is 87.8 Å². The summed E-state index contributed by atoms with van der Waals surface area (Å²) >= 11 is 0. The molecule has 0 saturated carbocycles. The first-order chi connectivity index (χ1) is 20.4. The second kappa shape index (κ2) is 15.5. The molecule has 3 fully saturated rings. The van der Waals surface area contributed by atoms with Crippen LogP contribution in [0.3, 0.4) is 0 Å². The summed E-state index contributed by atoms with van der Waals surface area (Å²) in [6, 6.07) is 6.18. The Morgan fingerprint density at radius 1 is 1.07 bits per heavy atom. The van der Waals surface area contributed by atoms with Crippen molar-refractivity contribution in [2.75, 3.05) is 56.6 Å². The number of hydrogen-bond acceptors (Lipinski definition) is 7. The summed E-state index contributed by atoms with van der Waals surface area (Å²) < 4.78 is 0. The number of piperidine rings is 2. The van der Waals surface area contributed by atoms with Crippen molar-refractivity contribution in [2.24, 2.45) is 5.92 Å². The quantitative estimate of drug-likeness (QED) is 0.299. The lowest BCUT2D eigenvalue weighted by molar-refractivity contribution is -0.127. The van der Waals surface area contributed by atoms with Gasteiger partial charge in [-0.3, -0.25) is 19.7 Å². The van der Waals surface area contributed by atoms with Crippen molar-refractivity contribution < 1.29 is 14.4 Å². The van der Waals surface area contributed by atoms with E-state index in [1.807, 2.05) is 32.0 Å². The van der Waals surface area contributed by atoms with Crippen LogP contribution < -0.4 is 15.1 Å². The SMILES string of the molecule is CCCC(C(=O)NC=O)N(C=O)c1ccc(C2CCN(C3CCN(CC4CCB(C#N)CC4)CC3)CC2)cc1N(C)C. The third kappa shape index (κ3) is 7.93. The second-order valence-electron chi connectivity index (χ2n) is 12.8. The van der Waals surface area contributed by atoms with E-state index in [9.17, 15) is 19.6 Å². The normalized spacial score (nSPS) is 20.5. The van der Waals surface area contributed by atoms with Gasteiger partial charge >= 0.3 is 0 Å². The van der Waals surface area contributed by atoms with Crippen molar-refractivity contribution in [1.82, 2.24) is 15.1 Å². The molecule has 1 aromatic carbocycles. The van der Waals surface area contributed by atoms with Crippen molar-refractivity contribution in [2.45, 2.75) is 88.9 Å². The standard InChI is InChI=1S/C32H49BN6O3/c1-4-5-30(32(42)35-23-40)39(24-41)29-7-6-27(20-31(29)36(2)3)26-10-18-38(19-11-26)28-12-16-37(17-13-28)21-25-8-14-33(22-34)15-9-25/h6-7,20,23-26,28,30H,4-5,8-19,21H2,1-3H3,(H,35,40,42). The molecule has 3 heterocycles. The lowest BCUT2D eigenvalue weighted by Crippen LogP contribution is -2.48. The second-order valence-corrected chi connectivity index (χ2v) is 12.8. The van der Waals surface area contributed by atoms with Crippen LogP contribution in [0.25, 0.3) is 0 Å². The lowest BCUT2D eigenvalue weighted by atomic mass is 9.42. The summed E-state index contributed by atoms with van der Waals surface area (Å²) in [4.78, 5) is 44.6. The van der Waals surface area contributed by atoms with Crippen LogP contribution >= 0.6 is 0 Å². The van der Waals surface area contributed by atoms with Gasteiger partial charge in [0.15, 0.2) is 0 Å². The molecule has 0 aromatic heterocycles. The van der Waals surface area contributed by atoms with E-state index in [0.717, 1.165) is 50.2 Å². The molecule has 42 heavy (non-hydrogen) atoms. The highest BCUT2D eigenvalue weighted by molar-refractivity contribution is 6.67. The number of hydrogen-bond donors (Lipinski definition) is 1. The number of carbonyl (C=O) groups is 3. The number of nitriles is 1. The molecule has 3 aliphatic rings. The molecule has 3 aliphatic heterocycles. The summed E-state index contributed by atoms with van der Waals surface area (Å²) in [5, 5.41) is 11.4. The molecule has 10 heteroatoms. The number of imide groups is 1. The molecule has 1 unspecified atom stereocenters. The van der Waals surface area contributed by atoms with E-state index >= 15 is 0 Å². The van der Waals surface area contributed by atoms with Gasteiger partial charge in [0.05, 0.1) is 11.4 Å². The highest BCUT2D eigenvalue weighted by Crippen LogP contribution is 2.37. The molecule has 0 spiro atoms. The third-order valence-electron chi connectivity index (χ3n) is 9.89. The Bertz CT molecular complexity index is 1090. The zero-order valence-corrected chi connectivity index (χ0v) is 25.8. The van der Waals surface area contributed by atoms with Crippen LogP contribution in [0.15, 0.2) is 18.2 Å². The maximum atomic E-state index is 12.6. The minimum atomic E-state index is -0.740. The number of carbonyl (C=O) groups excluding carboxylic acids is 3. The molecule has 1 aromatic rings. The fraction of sp³-hybridized carbons (Fsp3) is 0.688. The molecule has 3 saturated heterocycles. The summed E-state index contributed by atoms with van der Waals surface area (Å²) in [5.74, 6) is 3.23. The predicted octanol–water partition coefficient (Wildman–Crippen LogP) is 3.77. The lowest BCUT2D eigenvalue weighted by Gasteiger charge is -2.43. The van der Waals surface area contributed by atoms with Gasteiger partial charge in [-0.2, -0.15) is 0 Å². The average molecular weight is 577 g/mol. The van der Waals surface area contributed by atoms with Gasteiger partial charge in [-0.25, -0.2) is 5.26 Å². The van der Waals surface area contributed by atoms with E-state index < -0.39 is 11.9 Å². The number of nitrogens with zero attached hydrogens (tertiary/aromatic N) is 5. The molecule has 0 aliphatic carbocycles. The highest BCUT2D eigenvalue weighted by Gasteiger charge is 2.32. The van der Waals surface area contributed by atoms with Gasteiger partial charge in [0.2, 0.25) is 18.7 Å². The first-order valence-electron chi connectivity index (χ1n) is 16.0. The molecule has 228 valence electrons. The Hall–Kier alpha value is -2.90. The number of rotatable bonds is 12. The summed E-state index contributed by atoms with van der Waals surface area (Å²) in [6.07, 6.45) is 11.6. The number of benzene rings is 1. The first kappa shape index (κ1) is 32.0. The maximum absolute atomic E-state index is 12.6. The van der Waals surface area contributed by atoms with Crippen LogP contribution in [0.1, 0.15) is 69.8 Å². The van der Waals surface area contributed by atoms with Crippen LogP contribution in [-0.2, 0) is 14.4 Å². The smallest absolute Gasteiger partial charge is 0.267 e. The van der Waals surface area contributed by atoms with Crippen molar-refractivity contribution in [3.8, 4) is 5.97 Å². The van der Waals surface area contributed by atoms with Crippen molar-refractivity contribution in [3.05, 3.63) is 23.8 Å². The summed E-state index contributed by atoms with van der Waals surface area (Å²) in [5.41, 5.74) is 2.86. The van der Waals surface area contributed by atoms with Crippen LogP contribution in [0.2, 0.25) is 12.6 Å². The first-order valence-corrected chi connectivity index (χ1v) is 16.0. The van der Waals surface area contributed by atoms with Gasteiger partial charge < -0.3 is 19.6 Å². The minimum Gasteiger partial charge on any atom is -0.376 e. The Balaban J connectivity index is 1.33.